The van der Waals surface area contributed by atoms with Crippen molar-refractivity contribution in [3.05, 3.63) is 77.1 Å². The van der Waals surface area contributed by atoms with Crippen molar-refractivity contribution in [1.82, 2.24) is 20.0 Å². The Labute approximate surface area is 185 Å². The number of pyridine rings is 1. The molecule has 4 aromatic rings. The number of hydrogen-bond acceptors (Lipinski definition) is 5. The molecule has 1 saturated heterocycles. The zero-order valence-electron chi connectivity index (χ0n) is 18.0. The number of carbonyl (C=O) groups is 1. The van der Waals surface area contributed by atoms with Gasteiger partial charge in [-0.15, -0.1) is 0 Å². The highest BCUT2D eigenvalue weighted by Gasteiger charge is 2.30. The summed E-state index contributed by atoms with van der Waals surface area (Å²) in [5.41, 5.74) is 3.96. The zero-order chi connectivity index (χ0) is 22.2. The Kier molecular flexibility index (Phi) is 5.17. The van der Waals surface area contributed by atoms with Gasteiger partial charge in [0.05, 0.1) is 17.0 Å². The highest BCUT2D eigenvalue weighted by Crippen LogP contribution is 2.30. The number of nitrogens with zero attached hydrogens (tertiary/aromatic N) is 4. The maximum absolute atomic E-state index is 13.5. The van der Waals surface area contributed by atoms with Crippen molar-refractivity contribution in [3.63, 3.8) is 0 Å². The Hall–Kier alpha value is -3.61. The van der Waals surface area contributed by atoms with E-state index >= 15 is 0 Å². The van der Waals surface area contributed by atoms with Crippen LogP contribution in [0, 0.1) is 19.7 Å². The predicted molar refractivity (Wildman–Crippen MR) is 119 cm³/mol. The van der Waals surface area contributed by atoms with E-state index in [-0.39, 0.29) is 17.6 Å². The van der Waals surface area contributed by atoms with Gasteiger partial charge in [-0.3, -0.25) is 9.78 Å². The third kappa shape index (κ3) is 3.86. The first-order valence-corrected chi connectivity index (χ1v) is 10.7. The van der Waals surface area contributed by atoms with Crippen LogP contribution in [0.15, 0.2) is 53.1 Å². The first kappa shape index (κ1) is 20.3. The first-order chi connectivity index (χ1) is 15.5. The van der Waals surface area contributed by atoms with Gasteiger partial charge in [-0.05, 0) is 57.0 Å². The number of fused-ring (bicyclic) bond motifs is 1. The SMILES string of the molecule is Cc1ccc2nc(C)cc(C(=O)N3CCCC(c4nc(-c5cccc(F)c5)no4)C3)c2c1. The van der Waals surface area contributed by atoms with E-state index in [0.717, 1.165) is 35.0 Å². The average Bonchev–Trinajstić information content (AvgIpc) is 3.29. The van der Waals surface area contributed by atoms with E-state index in [1.54, 1.807) is 12.1 Å². The fraction of sp³-hybridized carbons (Fsp3) is 0.280. The Bertz CT molecular complexity index is 1320. The molecule has 162 valence electrons. The summed E-state index contributed by atoms with van der Waals surface area (Å²) in [7, 11) is 0. The Morgan fingerprint density at radius 1 is 1.12 bits per heavy atom. The van der Waals surface area contributed by atoms with E-state index < -0.39 is 0 Å². The van der Waals surface area contributed by atoms with Gasteiger partial charge in [-0.1, -0.05) is 28.9 Å². The monoisotopic (exact) mass is 430 g/mol. The number of hydrogen-bond donors (Lipinski definition) is 0. The summed E-state index contributed by atoms with van der Waals surface area (Å²) in [5, 5.41) is 4.90. The Morgan fingerprint density at radius 2 is 2.00 bits per heavy atom. The molecule has 0 N–H and O–H groups in total. The summed E-state index contributed by atoms with van der Waals surface area (Å²) < 4.78 is 19.1. The fourth-order valence-electron chi connectivity index (χ4n) is 4.33. The van der Waals surface area contributed by atoms with Gasteiger partial charge in [0.2, 0.25) is 11.7 Å². The molecule has 5 rings (SSSR count). The van der Waals surface area contributed by atoms with E-state index in [0.29, 0.717) is 35.9 Å². The molecule has 2 aromatic carbocycles. The van der Waals surface area contributed by atoms with Gasteiger partial charge in [-0.2, -0.15) is 4.98 Å². The number of rotatable bonds is 3. The second kappa shape index (κ2) is 8.15. The highest BCUT2D eigenvalue weighted by atomic mass is 19.1. The van der Waals surface area contributed by atoms with Gasteiger partial charge < -0.3 is 9.42 Å². The lowest BCUT2D eigenvalue weighted by Crippen LogP contribution is -2.39. The molecule has 3 heterocycles. The number of aryl methyl sites for hydroxylation is 2. The molecule has 2 aromatic heterocycles. The fourth-order valence-corrected chi connectivity index (χ4v) is 4.33. The summed E-state index contributed by atoms with van der Waals surface area (Å²) in [6.45, 7) is 5.09. The number of aromatic nitrogens is 3. The van der Waals surface area contributed by atoms with Crippen LogP contribution in [0.2, 0.25) is 0 Å². The molecule has 1 unspecified atom stereocenters. The topological polar surface area (TPSA) is 72.1 Å². The molecule has 0 bridgehead atoms. The van der Waals surface area contributed by atoms with E-state index in [9.17, 15) is 9.18 Å². The summed E-state index contributed by atoms with van der Waals surface area (Å²) >= 11 is 0. The Morgan fingerprint density at radius 3 is 2.84 bits per heavy atom. The summed E-state index contributed by atoms with van der Waals surface area (Å²) in [5.74, 6) is 0.417. The van der Waals surface area contributed by atoms with E-state index in [1.165, 1.54) is 12.1 Å². The highest BCUT2D eigenvalue weighted by molar-refractivity contribution is 6.06. The van der Waals surface area contributed by atoms with Gasteiger partial charge in [0, 0.05) is 29.7 Å². The van der Waals surface area contributed by atoms with Crippen molar-refractivity contribution in [2.24, 2.45) is 0 Å². The van der Waals surface area contributed by atoms with Crippen molar-refractivity contribution in [2.75, 3.05) is 13.1 Å². The standard InChI is InChI=1S/C25H23FN4O2/c1-15-8-9-22-20(11-15)21(12-16(2)27-22)25(31)30-10-4-6-18(14-30)24-28-23(29-32-24)17-5-3-7-19(26)13-17/h3,5,7-9,11-13,18H,4,6,10,14H2,1-2H3. The minimum atomic E-state index is -0.349. The average molecular weight is 430 g/mol. The number of amides is 1. The normalized spacial score (nSPS) is 16.5. The molecule has 1 aliphatic heterocycles. The van der Waals surface area contributed by atoms with E-state index in [4.69, 9.17) is 4.52 Å². The van der Waals surface area contributed by atoms with Crippen molar-refractivity contribution < 1.29 is 13.7 Å². The maximum atomic E-state index is 13.5. The number of benzene rings is 2. The first-order valence-electron chi connectivity index (χ1n) is 10.7. The van der Waals surface area contributed by atoms with Crippen LogP contribution in [0.4, 0.5) is 4.39 Å². The van der Waals surface area contributed by atoms with Crippen LogP contribution in [-0.4, -0.2) is 39.0 Å². The second-order valence-corrected chi connectivity index (χ2v) is 8.39. The smallest absolute Gasteiger partial charge is 0.254 e. The van der Waals surface area contributed by atoms with Crippen molar-refractivity contribution in [3.8, 4) is 11.4 Å². The van der Waals surface area contributed by atoms with Gasteiger partial charge >= 0.3 is 0 Å². The number of halogens is 1. The maximum Gasteiger partial charge on any atom is 0.254 e. The predicted octanol–water partition coefficient (Wildman–Crippen LogP) is 5.06. The van der Waals surface area contributed by atoms with Crippen LogP contribution in [0.1, 0.15) is 46.3 Å². The second-order valence-electron chi connectivity index (χ2n) is 8.39. The molecule has 0 aliphatic carbocycles. The lowest BCUT2D eigenvalue weighted by atomic mass is 9.96. The van der Waals surface area contributed by atoms with Gasteiger partial charge in [0.25, 0.3) is 5.91 Å². The molecule has 0 radical (unpaired) electrons. The van der Waals surface area contributed by atoms with Crippen molar-refractivity contribution in [2.45, 2.75) is 32.6 Å². The molecule has 1 atom stereocenters. The van der Waals surface area contributed by atoms with Crippen molar-refractivity contribution in [1.29, 1.82) is 0 Å². The summed E-state index contributed by atoms with van der Waals surface area (Å²) in [6, 6.07) is 14.0. The molecule has 1 aliphatic rings. The molecule has 0 spiro atoms. The summed E-state index contributed by atoms with van der Waals surface area (Å²) in [4.78, 5) is 24.4. The molecule has 0 saturated carbocycles. The lowest BCUT2D eigenvalue weighted by Gasteiger charge is -2.31. The molecular weight excluding hydrogens is 407 g/mol. The molecule has 1 fully saturated rings. The Balaban J connectivity index is 1.41. The molecule has 32 heavy (non-hydrogen) atoms. The van der Waals surface area contributed by atoms with Gasteiger partial charge in [0.15, 0.2) is 0 Å². The molecule has 1 amide bonds. The third-order valence-electron chi connectivity index (χ3n) is 5.91. The zero-order valence-corrected chi connectivity index (χ0v) is 18.0. The largest absolute Gasteiger partial charge is 0.339 e. The minimum absolute atomic E-state index is 0.0133. The van der Waals surface area contributed by atoms with Crippen LogP contribution in [0.3, 0.4) is 0 Å². The van der Waals surface area contributed by atoms with Crippen molar-refractivity contribution >= 4 is 16.8 Å². The summed E-state index contributed by atoms with van der Waals surface area (Å²) in [6.07, 6.45) is 1.69. The van der Waals surface area contributed by atoms with Crippen LogP contribution in [-0.2, 0) is 0 Å². The minimum Gasteiger partial charge on any atom is -0.339 e. The van der Waals surface area contributed by atoms with Gasteiger partial charge in [-0.25, -0.2) is 4.39 Å². The van der Waals surface area contributed by atoms with Crippen LogP contribution < -0.4 is 0 Å². The third-order valence-corrected chi connectivity index (χ3v) is 5.91. The number of piperidine rings is 1. The quantitative estimate of drug-likeness (QED) is 0.454. The molecule has 7 heteroatoms. The molecular formula is C25H23FN4O2. The van der Waals surface area contributed by atoms with Crippen LogP contribution in [0.5, 0.6) is 0 Å². The molecule has 6 nitrogen and oxygen atoms in total. The van der Waals surface area contributed by atoms with Gasteiger partial charge in [0.1, 0.15) is 5.82 Å². The van der Waals surface area contributed by atoms with Crippen LogP contribution in [0.25, 0.3) is 22.3 Å². The van der Waals surface area contributed by atoms with E-state index in [1.807, 2.05) is 43.0 Å². The number of likely N-dealkylation sites (tertiary alicyclic amines) is 1. The van der Waals surface area contributed by atoms with E-state index in [2.05, 4.69) is 15.1 Å². The number of carbonyl (C=O) groups excluding carboxylic acids is 1. The van der Waals surface area contributed by atoms with Crippen LogP contribution >= 0.6 is 0 Å². The lowest BCUT2D eigenvalue weighted by molar-refractivity contribution is 0.0697.